The molecule has 4 rings (SSSR count). The van der Waals surface area contributed by atoms with Gasteiger partial charge in [0, 0.05) is 36.8 Å². The van der Waals surface area contributed by atoms with Crippen LogP contribution in [0.1, 0.15) is 5.89 Å². The van der Waals surface area contributed by atoms with E-state index >= 15 is 0 Å². The lowest BCUT2D eigenvalue weighted by molar-refractivity contribution is 0.168. The Morgan fingerprint density at radius 3 is 2.31 bits per heavy atom. The van der Waals surface area contributed by atoms with Crippen LogP contribution in [0.3, 0.4) is 0 Å². The highest BCUT2D eigenvalue weighted by molar-refractivity contribution is 7.89. The Morgan fingerprint density at radius 2 is 1.62 bits per heavy atom. The Morgan fingerprint density at radius 1 is 0.931 bits per heavy atom. The Kier molecular flexibility index (Phi) is 5.89. The van der Waals surface area contributed by atoms with Crippen LogP contribution in [0.2, 0.25) is 10.0 Å². The molecule has 0 spiro atoms. The minimum Gasteiger partial charge on any atom is -0.419 e. The van der Waals surface area contributed by atoms with Crippen molar-refractivity contribution in [2.24, 2.45) is 0 Å². The summed E-state index contributed by atoms with van der Waals surface area (Å²) in [7, 11) is -3.61. The molecular weight excluding hydrogens is 435 g/mol. The van der Waals surface area contributed by atoms with Gasteiger partial charge in [0.05, 0.1) is 11.6 Å². The van der Waals surface area contributed by atoms with Crippen molar-refractivity contribution >= 4 is 33.2 Å². The van der Waals surface area contributed by atoms with Gasteiger partial charge in [-0.15, -0.1) is 10.2 Å². The van der Waals surface area contributed by atoms with Crippen LogP contribution in [0.4, 0.5) is 0 Å². The molecule has 152 valence electrons. The lowest BCUT2D eigenvalue weighted by Crippen LogP contribution is -2.48. The van der Waals surface area contributed by atoms with Gasteiger partial charge in [-0.3, -0.25) is 4.90 Å². The molecule has 3 aromatic rings. The summed E-state index contributed by atoms with van der Waals surface area (Å²) in [6.07, 6.45) is 0. The summed E-state index contributed by atoms with van der Waals surface area (Å²) in [5.74, 6) is 0.911. The van der Waals surface area contributed by atoms with Crippen molar-refractivity contribution < 1.29 is 12.8 Å². The van der Waals surface area contributed by atoms with E-state index in [1.54, 1.807) is 30.3 Å². The molecule has 1 aliphatic heterocycles. The van der Waals surface area contributed by atoms with Crippen LogP contribution in [0.5, 0.6) is 0 Å². The molecule has 0 saturated carbocycles. The average molecular weight is 453 g/mol. The summed E-state index contributed by atoms with van der Waals surface area (Å²) in [5.41, 5.74) is 0.795. The number of rotatable bonds is 5. The molecule has 0 aliphatic carbocycles. The van der Waals surface area contributed by atoms with E-state index in [4.69, 9.17) is 27.6 Å². The maximum absolute atomic E-state index is 12.8. The van der Waals surface area contributed by atoms with Crippen LogP contribution in [0.15, 0.2) is 57.8 Å². The lowest BCUT2D eigenvalue weighted by atomic mass is 10.2. The van der Waals surface area contributed by atoms with E-state index < -0.39 is 10.0 Å². The highest BCUT2D eigenvalue weighted by atomic mass is 35.5. The summed E-state index contributed by atoms with van der Waals surface area (Å²) in [5, 5.41) is 9.04. The number of hydrogen-bond donors (Lipinski definition) is 0. The summed E-state index contributed by atoms with van der Waals surface area (Å²) in [6, 6.07) is 13.7. The van der Waals surface area contributed by atoms with Crippen LogP contribution in [-0.2, 0) is 16.6 Å². The van der Waals surface area contributed by atoms with E-state index in [1.165, 1.54) is 10.4 Å². The first kappa shape index (κ1) is 20.3. The van der Waals surface area contributed by atoms with E-state index in [2.05, 4.69) is 15.1 Å². The molecule has 1 aromatic heterocycles. The van der Waals surface area contributed by atoms with Gasteiger partial charge in [0.15, 0.2) is 0 Å². The molecule has 7 nitrogen and oxygen atoms in total. The minimum absolute atomic E-state index is 0.139. The molecule has 0 amide bonds. The molecule has 1 aliphatic rings. The standard InChI is InChI=1S/C19H18Cl2N4O3S/c20-15-7-5-14(6-8-15)19-23-22-18(28-19)13-24-9-11-25(12-10-24)29(26,27)17-4-2-1-3-16(17)21/h1-8H,9-13H2. The molecule has 2 heterocycles. The molecule has 0 radical (unpaired) electrons. The molecular formula is C19H18Cl2N4O3S. The van der Waals surface area contributed by atoms with Crippen LogP contribution in [0.25, 0.3) is 11.5 Å². The zero-order chi connectivity index (χ0) is 20.4. The third-order valence-electron chi connectivity index (χ3n) is 4.70. The fourth-order valence-electron chi connectivity index (χ4n) is 3.14. The van der Waals surface area contributed by atoms with Crippen LogP contribution >= 0.6 is 23.2 Å². The van der Waals surface area contributed by atoms with E-state index in [1.807, 2.05) is 12.1 Å². The quantitative estimate of drug-likeness (QED) is 0.588. The number of hydrogen-bond acceptors (Lipinski definition) is 6. The Hall–Kier alpha value is -1.97. The number of sulfonamides is 1. The second-order valence-corrected chi connectivity index (χ2v) is 9.37. The van der Waals surface area contributed by atoms with Gasteiger partial charge in [-0.2, -0.15) is 4.31 Å². The second-order valence-electron chi connectivity index (χ2n) is 6.62. The van der Waals surface area contributed by atoms with Crippen LogP contribution in [-0.4, -0.2) is 54.0 Å². The molecule has 0 atom stereocenters. The molecule has 0 unspecified atom stereocenters. The third kappa shape index (κ3) is 4.46. The normalized spacial score (nSPS) is 16.2. The zero-order valence-electron chi connectivity index (χ0n) is 15.3. The fraction of sp³-hybridized carbons (Fsp3) is 0.263. The van der Waals surface area contributed by atoms with Gasteiger partial charge in [-0.25, -0.2) is 8.42 Å². The van der Waals surface area contributed by atoms with Crippen molar-refractivity contribution in [1.29, 1.82) is 0 Å². The zero-order valence-corrected chi connectivity index (χ0v) is 17.7. The van der Waals surface area contributed by atoms with Gasteiger partial charge in [-0.05, 0) is 36.4 Å². The minimum atomic E-state index is -3.61. The summed E-state index contributed by atoms with van der Waals surface area (Å²) in [6.45, 7) is 2.31. The van der Waals surface area contributed by atoms with Crippen molar-refractivity contribution in [3.8, 4) is 11.5 Å². The van der Waals surface area contributed by atoms with Gasteiger partial charge in [0.25, 0.3) is 0 Å². The molecule has 0 bridgehead atoms. The van der Waals surface area contributed by atoms with Crippen molar-refractivity contribution in [2.45, 2.75) is 11.4 Å². The summed E-state index contributed by atoms with van der Waals surface area (Å²) < 4.78 is 32.9. The molecule has 29 heavy (non-hydrogen) atoms. The molecule has 1 saturated heterocycles. The number of halogens is 2. The van der Waals surface area contributed by atoms with Crippen molar-refractivity contribution in [1.82, 2.24) is 19.4 Å². The SMILES string of the molecule is O=S(=O)(c1ccccc1Cl)N1CCN(Cc2nnc(-c3ccc(Cl)cc3)o2)CC1. The average Bonchev–Trinajstić information content (AvgIpc) is 3.17. The number of piperazine rings is 1. The first-order valence-corrected chi connectivity index (χ1v) is 11.2. The maximum Gasteiger partial charge on any atom is 0.247 e. The first-order valence-electron chi connectivity index (χ1n) is 8.99. The molecule has 0 N–H and O–H groups in total. The molecule has 2 aromatic carbocycles. The van der Waals surface area contributed by atoms with E-state index in [0.717, 1.165) is 5.56 Å². The number of aromatic nitrogens is 2. The van der Waals surface area contributed by atoms with Crippen molar-refractivity contribution in [3.05, 3.63) is 64.5 Å². The molecule has 1 fully saturated rings. The van der Waals surface area contributed by atoms with E-state index in [-0.39, 0.29) is 9.92 Å². The fourth-order valence-corrected chi connectivity index (χ4v) is 5.18. The topological polar surface area (TPSA) is 79.5 Å². The molecule has 10 heteroatoms. The van der Waals surface area contributed by atoms with E-state index in [9.17, 15) is 8.42 Å². The summed E-state index contributed by atoms with van der Waals surface area (Å²) in [4.78, 5) is 2.22. The lowest BCUT2D eigenvalue weighted by Gasteiger charge is -2.33. The Balaban J connectivity index is 1.38. The predicted molar refractivity (Wildman–Crippen MR) is 110 cm³/mol. The summed E-state index contributed by atoms with van der Waals surface area (Å²) >= 11 is 12.0. The Labute approximate surface area is 178 Å². The maximum atomic E-state index is 12.8. The van der Waals surface area contributed by atoms with E-state index in [0.29, 0.717) is 49.5 Å². The largest absolute Gasteiger partial charge is 0.419 e. The number of benzene rings is 2. The van der Waals surface area contributed by atoms with Crippen molar-refractivity contribution in [2.75, 3.05) is 26.2 Å². The monoisotopic (exact) mass is 452 g/mol. The van der Waals surface area contributed by atoms with Crippen LogP contribution in [0, 0.1) is 0 Å². The highest BCUT2D eigenvalue weighted by Crippen LogP contribution is 2.25. The predicted octanol–water partition coefficient (Wildman–Crippen LogP) is 3.55. The van der Waals surface area contributed by atoms with Gasteiger partial charge in [0.2, 0.25) is 21.8 Å². The Bertz CT molecular complexity index is 1090. The van der Waals surface area contributed by atoms with Crippen LogP contribution < -0.4 is 0 Å². The van der Waals surface area contributed by atoms with Gasteiger partial charge >= 0.3 is 0 Å². The van der Waals surface area contributed by atoms with Gasteiger partial charge in [0.1, 0.15) is 4.90 Å². The van der Waals surface area contributed by atoms with Crippen molar-refractivity contribution in [3.63, 3.8) is 0 Å². The first-order chi connectivity index (χ1) is 13.9. The third-order valence-corrected chi connectivity index (χ3v) is 7.35. The van der Waals surface area contributed by atoms with Gasteiger partial charge < -0.3 is 4.42 Å². The smallest absolute Gasteiger partial charge is 0.247 e. The number of nitrogens with zero attached hydrogens (tertiary/aromatic N) is 4. The highest BCUT2D eigenvalue weighted by Gasteiger charge is 2.30. The van der Waals surface area contributed by atoms with Gasteiger partial charge in [-0.1, -0.05) is 35.3 Å². The second kappa shape index (κ2) is 8.41.